The summed E-state index contributed by atoms with van der Waals surface area (Å²) in [5.74, 6) is 0.506. The van der Waals surface area contributed by atoms with Gasteiger partial charge < -0.3 is 4.90 Å². The first-order valence-corrected chi connectivity index (χ1v) is 6.17. The second kappa shape index (κ2) is 4.26. The van der Waals surface area contributed by atoms with Gasteiger partial charge in [0.1, 0.15) is 5.01 Å². The Morgan fingerprint density at radius 2 is 1.86 bits per heavy atom. The highest BCUT2D eigenvalue weighted by molar-refractivity contribution is 7.15. The smallest absolute Gasteiger partial charge is 0.208 e. The van der Waals surface area contributed by atoms with E-state index in [0.717, 1.165) is 23.2 Å². The molecule has 1 fully saturated rings. The van der Waals surface area contributed by atoms with E-state index in [1.807, 2.05) is 0 Å². The first-order valence-electron chi connectivity index (χ1n) is 5.35. The van der Waals surface area contributed by atoms with Gasteiger partial charge in [0.2, 0.25) is 5.13 Å². The van der Waals surface area contributed by atoms with Crippen LogP contribution in [0.15, 0.2) is 0 Å². The Bertz CT molecular complexity index is 289. The Morgan fingerprint density at radius 3 is 2.43 bits per heavy atom. The van der Waals surface area contributed by atoms with Crippen molar-refractivity contribution in [2.24, 2.45) is 0 Å². The minimum atomic E-state index is 0.506. The van der Waals surface area contributed by atoms with E-state index >= 15 is 0 Å². The average Bonchev–Trinajstić information content (AvgIpc) is 2.68. The monoisotopic (exact) mass is 211 g/mol. The summed E-state index contributed by atoms with van der Waals surface area (Å²) in [6, 6.07) is 0. The summed E-state index contributed by atoms with van der Waals surface area (Å²) in [5.41, 5.74) is 0. The molecule has 0 spiro atoms. The van der Waals surface area contributed by atoms with Gasteiger partial charge in [-0.05, 0) is 19.3 Å². The van der Waals surface area contributed by atoms with Gasteiger partial charge >= 0.3 is 0 Å². The predicted molar refractivity (Wildman–Crippen MR) is 60.1 cm³/mol. The lowest BCUT2D eigenvalue weighted by Crippen LogP contribution is -2.29. The van der Waals surface area contributed by atoms with Crippen LogP contribution in [0.3, 0.4) is 0 Å². The summed E-state index contributed by atoms with van der Waals surface area (Å²) >= 11 is 1.75. The van der Waals surface area contributed by atoms with Gasteiger partial charge in [0, 0.05) is 19.0 Å². The van der Waals surface area contributed by atoms with E-state index in [1.165, 1.54) is 19.3 Å². The largest absolute Gasteiger partial charge is 0.347 e. The average molecular weight is 211 g/mol. The zero-order valence-corrected chi connectivity index (χ0v) is 9.68. The molecule has 0 radical (unpaired) electrons. The van der Waals surface area contributed by atoms with Crippen LogP contribution in [0.1, 0.15) is 44.0 Å². The third-order valence-electron chi connectivity index (χ3n) is 2.55. The Hall–Kier alpha value is -0.640. The Kier molecular flexibility index (Phi) is 3.01. The van der Waals surface area contributed by atoms with Crippen LogP contribution in [0.25, 0.3) is 0 Å². The Labute approximate surface area is 89.2 Å². The molecule has 2 rings (SSSR count). The van der Waals surface area contributed by atoms with Crippen molar-refractivity contribution >= 4 is 16.5 Å². The molecule has 0 amide bonds. The molecule has 1 aliphatic heterocycles. The Balaban J connectivity index is 2.07. The number of nitrogens with zero attached hydrogens (tertiary/aromatic N) is 3. The van der Waals surface area contributed by atoms with Gasteiger partial charge in [-0.25, -0.2) is 0 Å². The molecule has 0 aromatic carbocycles. The summed E-state index contributed by atoms with van der Waals surface area (Å²) < 4.78 is 0. The van der Waals surface area contributed by atoms with E-state index in [2.05, 4.69) is 28.9 Å². The molecule has 3 nitrogen and oxygen atoms in total. The molecule has 1 aromatic rings. The molecule has 0 aliphatic carbocycles. The van der Waals surface area contributed by atoms with Crippen molar-refractivity contribution in [3.8, 4) is 0 Å². The van der Waals surface area contributed by atoms with E-state index in [4.69, 9.17) is 0 Å². The van der Waals surface area contributed by atoms with Gasteiger partial charge in [-0.15, -0.1) is 10.2 Å². The van der Waals surface area contributed by atoms with Crippen molar-refractivity contribution < 1.29 is 0 Å². The lowest BCUT2D eigenvalue weighted by Gasteiger charge is -2.25. The molecule has 0 atom stereocenters. The van der Waals surface area contributed by atoms with Crippen LogP contribution in [0, 0.1) is 0 Å². The normalized spacial score (nSPS) is 17.8. The zero-order chi connectivity index (χ0) is 9.97. The Morgan fingerprint density at radius 1 is 1.14 bits per heavy atom. The SMILES string of the molecule is CC(C)c1nnc(N2CCCCC2)s1. The van der Waals surface area contributed by atoms with Crippen molar-refractivity contribution in [2.75, 3.05) is 18.0 Å². The molecule has 78 valence electrons. The molecule has 0 bridgehead atoms. The van der Waals surface area contributed by atoms with Crippen LogP contribution in [0.4, 0.5) is 5.13 Å². The highest BCUT2D eigenvalue weighted by atomic mass is 32.1. The van der Waals surface area contributed by atoms with Gasteiger partial charge in [-0.2, -0.15) is 0 Å². The first-order chi connectivity index (χ1) is 6.77. The maximum Gasteiger partial charge on any atom is 0.208 e. The highest BCUT2D eigenvalue weighted by Gasteiger charge is 2.16. The van der Waals surface area contributed by atoms with Crippen LogP contribution < -0.4 is 4.90 Å². The van der Waals surface area contributed by atoms with Gasteiger partial charge in [-0.3, -0.25) is 0 Å². The van der Waals surface area contributed by atoms with E-state index in [1.54, 1.807) is 11.3 Å². The molecular weight excluding hydrogens is 194 g/mol. The number of piperidine rings is 1. The zero-order valence-electron chi connectivity index (χ0n) is 8.86. The quantitative estimate of drug-likeness (QED) is 0.753. The molecule has 0 N–H and O–H groups in total. The van der Waals surface area contributed by atoms with Gasteiger partial charge in [0.05, 0.1) is 0 Å². The molecule has 4 heteroatoms. The van der Waals surface area contributed by atoms with Crippen LogP contribution in [0.5, 0.6) is 0 Å². The highest BCUT2D eigenvalue weighted by Crippen LogP contribution is 2.27. The lowest BCUT2D eigenvalue weighted by molar-refractivity contribution is 0.575. The fourth-order valence-electron chi connectivity index (χ4n) is 1.67. The van der Waals surface area contributed by atoms with Gasteiger partial charge in [0.25, 0.3) is 0 Å². The van der Waals surface area contributed by atoms with E-state index in [-0.39, 0.29) is 0 Å². The number of aromatic nitrogens is 2. The van der Waals surface area contributed by atoms with Gasteiger partial charge in [-0.1, -0.05) is 25.2 Å². The van der Waals surface area contributed by atoms with Crippen LogP contribution >= 0.6 is 11.3 Å². The van der Waals surface area contributed by atoms with E-state index in [0.29, 0.717) is 5.92 Å². The summed E-state index contributed by atoms with van der Waals surface area (Å²) in [6.45, 7) is 6.65. The second-order valence-electron chi connectivity index (χ2n) is 4.13. The maximum atomic E-state index is 4.26. The van der Waals surface area contributed by atoms with Crippen molar-refractivity contribution in [3.63, 3.8) is 0 Å². The molecule has 0 unspecified atom stereocenters. The molecule has 1 aliphatic rings. The van der Waals surface area contributed by atoms with Crippen molar-refractivity contribution in [3.05, 3.63) is 5.01 Å². The fraction of sp³-hybridized carbons (Fsp3) is 0.800. The van der Waals surface area contributed by atoms with E-state index in [9.17, 15) is 0 Å². The van der Waals surface area contributed by atoms with Crippen molar-refractivity contribution in [2.45, 2.75) is 39.0 Å². The van der Waals surface area contributed by atoms with Crippen molar-refractivity contribution in [1.82, 2.24) is 10.2 Å². The standard InChI is InChI=1S/C10H17N3S/c1-8(2)9-11-12-10(14-9)13-6-4-3-5-7-13/h8H,3-7H2,1-2H3. The maximum absolute atomic E-state index is 4.26. The molecule has 2 heterocycles. The predicted octanol–water partition coefficient (Wildman–Crippen LogP) is 2.65. The summed E-state index contributed by atoms with van der Waals surface area (Å²) in [4.78, 5) is 2.37. The lowest BCUT2D eigenvalue weighted by atomic mass is 10.1. The van der Waals surface area contributed by atoms with Crippen LogP contribution in [-0.4, -0.2) is 23.3 Å². The van der Waals surface area contributed by atoms with Crippen LogP contribution in [0.2, 0.25) is 0 Å². The minimum absolute atomic E-state index is 0.506. The summed E-state index contributed by atoms with van der Waals surface area (Å²) in [5, 5.41) is 10.8. The van der Waals surface area contributed by atoms with E-state index < -0.39 is 0 Å². The van der Waals surface area contributed by atoms with Crippen molar-refractivity contribution in [1.29, 1.82) is 0 Å². The summed E-state index contributed by atoms with van der Waals surface area (Å²) in [7, 11) is 0. The molecule has 1 aromatic heterocycles. The fourth-order valence-corrected chi connectivity index (χ4v) is 2.57. The second-order valence-corrected chi connectivity index (χ2v) is 5.11. The number of rotatable bonds is 2. The third kappa shape index (κ3) is 2.05. The molecule has 1 saturated heterocycles. The summed E-state index contributed by atoms with van der Waals surface area (Å²) in [6.07, 6.45) is 3.97. The van der Waals surface area contributed by atoms with Gasteiger partial charge in [0.15, 0.2) is 0 Å². The topological polar surface area (TPSA) is 29.0 Å². The third-order valence-corrected chi connectivity index (χ3v) is 3.84. The first kappa shape index (κ1) is 9.90. The molecular formula is C10H17N3S. The number of anilines is 1. The minimum Gasteiger partial charge on any atom is -0.347 e. The molecule has 0 saturated carbocycles. The van der Waals surface area contributed by atoms with Crippen LogP contribution in [-0.2, 0) is 0 Å². The number of hydrogen-bond donors (Lipinski definition) is 0. The number of hydrogen-bond acceptors (Lipinski definition) is 4. The molecule has 14 heavy (non-hydrogen) atoms.